The van der Waals surface area contributed by atoms with E-state index in [1.54, 1.807) is 30.3 Å². The van der Waals surface area contributed by atoms with Crippen molar-refractivity contribution in [1.82, 2.24) is 0 Å². The Labute approximate surface area is 163 Å². The Morgan fingerprint density at radius 3 is 2.18 bits per heavy atom. The number of ether oxygens (including phenoxy) is 2. The van der Waals surface area contributed by atoms with E-state index in [9.17, 15) is 9.59 Å². The molecule has 3 aromatic rings. The highest BCUT2D eigenvalue weighted by atomic mass is 16.5. The molecule has 5 heteroatoms. The van der Waals surface area contributed by atoms with Crippen LogP contribution in [0.2, 0.25) is 0 Å². The van der Waals surface area contributed by atoms with Gasteiger partial charge in [0.15, 0.2) is 12.4 Å². The summed E-state index contributed by atoms with van der Waals surface area (Å²) in [6.45, 7) is -0.281. The van der Waals surface area contributed by atoms with Gasteiger partial charge < -0.3 is 15.2 Å². The van der Waals surface area contributed by atoms with Crippen molar-refractivity contribution in [3.8, 4) is 17.2 Å². The van der Waals surface area contributed by atoms with Crippen molar-refractivity contribution >= 4 is 17.8 Å². The molecule has 28 heavy (non-hydrogen) atoms. The van der Waals surface area contributed by atoms with Crippen molar-refractivity contribution in [1.29, 1.82) is 0 Å². The number of carbonyl (C=O) groups is 2. The third kappa shape index (κ3) is 5.32. The fraction of sp³-hybridized carbons (Fsp3) is 0.0435. The Morgan fingerprint density at radius 2 is 1.46 bits per heavy atom. The minimum Gasteiger partial charge on any atom is -0.483 e. The van der Waals surface area contributed by atoms with E-state index in [-0.39, 0.29) is 12.4 Å². The highest BCUT2D eigenvalue weighted by molar-refractivity contribution is 6.08. The Hall–Kier alpha value is -3.86. The van der Waals surface area contributed by atoms with Crippen molar-refractivity contribution in [2.24, 2.45) is 5.73 Å². The maximum Gasteiger partial charge on any atom is 0.255 e. The van der Waals surface area contributed by atoms with Crippen LogP contribution in [0.5, 0.6) is 17.2 Å². The Morgan fingerprint density at radius 1 is 0.821 bits per heavy atom. The molecule has 0 aromatic heterocycles. The highest BCUT2D eigenvalue weighted by Gasteiger charge is 2.10. The van der Waals surface area contributed by atoms with E-state index in [1.165, 1.54) is 6.08 Å². The van der Waals surface area contributed by atoms with Crippen LogP contribution in [-0.4, -0.2) is 18.3 Å². The molecule has 0 bridgehead atoms. The lowest BCUT2D eigenvalue weighted by molar-refractivity contribution is -0.119. The van der Waals surface area contributed by atoms with Crippen LogP contribution in [0.1, 0.15) is 15.9 Å². The molecule has 0 atom stereocenters. The molecule has 0 aliphatic rings. The molecule has 0 fully saturated rings. The Kier molecular flexibility index (Phi) is 6.21. The Bertz CT molecular complexity index is 979. The topological polar surface area (TPSA) is 78.6 Å². The summed E-state index contributed by atoms with van der Waals surface area (Å²) in [5.74, 6) is 0.955. The first-order valence-electron chi connectivity index (χ1n) is 8.67. The third-order valence-corrected chi connectivity index (χ3v) is 3.81. The lowest BCUT2D eigenvalue weighted by atomic mass is 10.1. The predicted octanol–water partition coefficient (Wildman–Crippen LogP) is 4.24. The van der Waals surface area contributed by atoms with Crippen molar-refractivity contribution in [2.45, 2.75) is 0 Å². The van der Waals surface area contributed by atoms with Crippen LogP contribution in [0.4, 0.5) is 0 Å². The average Bonchev–Trinajstić information content (AvgIpc) is 2.72. The molecule has 3 aromatic carbocycles. The second-order valence-corrected chi connectivity index (χ2v) is 5.93. The first-order valence-corrected chi connectivity index (χ1v) is 8.67. The molecule has 0 saturated carbocycles. The van der Waals surface area contributed by atoms with Gasteiger partial charge in [0.25, 0.3) is 5.91 Å². The summed E-state index contributed by atoms with van der Waals surface area (Å²) in [5, 5.41) is 0. The van der Waals surface area contributed by atoms with Gasteiger partial charge in [0, 0.05) is 0 Å². The second kappa shape index (κ2) is 9.19. The Balaban J connectivity index is 1.67. The van der Waals surface area contributed by atoms with Gasteiger partial charge in [0.1, 0.15) is 17.2 Å². The maximum atomic E-state index is 12.5. The van der Waals surface area contributed by atoms with Gasteiger partial charge in [-0.2, -0.15) is 0 Å². The van der Waals surface area contributed by atoms with E-state index < -0.39 is 5.91 Å². The summed E-state index contributed by atoms with van der Waals surface area (Å²) >= 11 is 0. The molecular formula is C23H19NO4. The molecule has 2 N–H and O–H groups in total. The van der Waals surface area contributed by atoms with E-state index >= 15 is 0 Å². The fourth-order valence-electron chi connectivity index (χ4n) is 2.48. The van der Waals surface area contributed by atoms with E-state index in [1.807, 2.05) is 54.6 Å². The molecule has 0 unspecified atom stereocenters. The first kappa shape index (κ1) is 18.9. The van der Waals surface area contributed by atoms with Gasteiger partial charge in [0.05, 0.1) is 5.56 Å². The number of hydrogen-bond acceptors (Lipinski definition) is 4. The van der Waals surface area contributed by atoms with Crippen LogP contribution in [0.3, 0.4) is 0 Å². The van der Waals surface area contributed by atoms with E-state index in [0.29, 0.717) is 17.1 Å². The van der Waals surface area contributed by atoms with Gasteiger partial charge in [-0.05, 0) is 48.0 Å². The molecular weight excluding hydrogens is 354 g/mol. The normalized spacial score (nSPS) is 10.6. The number of nitrogens with two attached hydrogens (primary N) is 1. The molecule has 140 valence electrons. The zero-order valence-corrected chi connectivity index (χ0v) is 15.1. The molecule has 0 spiro atoms. The number of rotatable bonds is 8. The molecule has 0 heterocycles. The first-order chi connectivity index (χ1) is 13.6. The van der Waals surface area contributed by atoms with Crippen LogP contribution < -0.4 is 15.2 Å². The summed E-state index contributed by atoms with van der Waals surface area (Å²) in [4.78, 5) is 23.4. The van der Waals surface area contributed by atoms with Crippen molar-refractivity contribution in [3.63, 3.8) is 0 Å². The largest absolute Gasteiger partial charge is 0.483 e. The van der Waals surface area contributed by atoms with Crippen LogP contribution in [0.15, 0.2) is 84.9 Å². The average molecular weight is 373 g/mol. The second-order valence-electron chi connectivity index (χ2n) is 5.93. The number of para-hydroxylation sites is 2. The lowest BCUT2D eigenvalue weighted by Crippen LogP contribution is -2.20. The van der Waals surface area contributed by atoms with Gasteiger partial charge in [-0.25, -0.2) is 0 Å². The van der Waals surface area contributed by atoms with Gasteiger partial charge in [0.2, 0.25) is 0 Å². The molecule has 0 radical (unpaired) electrons. The van der Waals surface area contributed by atoms with Crippen LogP contribution in [0.25, 0.3) is 6.08 Å². The van der Waals surface area contributed by atoms with Crippen LogP contribution in [0, 0.1) is 0 Å². The van der Waals surface area contributed by atoms with E-state index in [2.05, 4.69) is 0 Å². The summed E-state index contributed by atoms with van der Waals surface area (Å²) in [7, 11) is 0. The molecule has 3 rings (SSSR count). The highest BCUT2D eigenvalue weighted by Crippen LogP contribution is 2.22. The number of primary amides is 1. The van der Waals surface area contributed by atoms with Crippen molar-refractivity contribution in [3.05, 3.63) is 96.1 Å². The standard InChI is InChI=1S/C23H19NO4/c24-23(26)16-27-22-9-5-4-8-20(22)21(25)15-12-17-10-13-19(14-11-17)28-18-6-2-1-3-7-18/h1-15H,16H2,(H2,24,26)/b15-12+. The monoisotopic (exact) mass is 373 g/mol. The van der Waals surface area contributed by atoms with Gasteiger partial charge >= 0.3 is 0 Å². The zero-order chi connectivity index (χ0) is 19.8. The molecule has 5 nitrogen and oxygen atoms in total. The predicted molar refractivity (Wildman–Crippen MR) is 107 cm³/mol. The third-order valence-electron chi connectivity index (χ3n) is 3.81. The van der Waals surface area contributed by atoms with Crippen LogP contribution >= 0.6 is 0 Å². The van der Waals surface area contributed by atoms with Gasteiger partial charge in [-0.15, -0.1) is 0 Å². The van der Waals surface area contributed by atoms with Gasteiger partial charge in [-0.1, -0.05) is 48.5 Å². The molecule has 0 aliphatic heterocycles. The summed E-state index contributed by atoms with van der Waals surface area (Å²) in [6, 6.07) is 23.6. The summed E-state index contributed by atoms with van der Waals surface area (Å²) < 4.78 is 11.0. The SMILES string of the molecule is NC(=O)COc1ccccc1C(=O)/C=C/c1ccc(Oc2ccccc2)cc1. The van der Waals surface area contributed by atoms with Crippen LogP contribution in [-0.2, 0) is 4.79 Å². The number of allylic oxidation sites excluding steroid dienone is 1. The van der Waals surface area contributed by atoms with Crippen molar-refractivity contribution in [2.75, 3.05) is 6.61 Å². The van der Waals surface area contributed by atoms with Crippen molar-refractivity contribution < 1.29 is 19.1 Å². The quantitative estimate of drug-likeness (QED) is 0.473. The van der Waals surface area contributed by atoms with E-state index in [4.69, 9.17) is 15.2 Å². The molecule has 0 saturated heterocycles. The number of ketones is 1. The number of benzene rings is 3. The summed E-state index contributed by atoms with van der Waals surface area (Å²) in [5.41, 5.74) is 6.30. The molecule has 1 amide bonds. The lowest BCUT2D eigenvalue weighted by Gasteiger charge is -2.07. The fourth-order valence-corrected chi connectivity index (χ4v) is 2.48. The maximum absolute atomic E-state index is 12.5. The minimum atomic E-state index is -0.601. The number of carbonyl (C=O) groups excluding carboxylic acids is 2. The number of amides is 1. The van der Waals surface area contributed by atoms with E-state index in [0.717, 1.165) is 11.3 Å². The van der Waals surface area contributed by atoms with Gasteiger partial charge in [-0.3, -0.25) is 9.59 Å². The summed E-state index contributed by atoms with van der Waals surface area (Å²) in [6.07, 6.45) is 3.17. The molecule has 0 aliphatic carbocycles. The smallest absolute Gasteiger partial charge is 0.255 e. The zero-order valence-electron chi connectivity index (χ0n) is 15.1. The minimum absolute atomic E-state index is 0.232. The number of hydrogen-bond donors (Lipinski definition) is 1.